The Balaban J connectivity index is 0.000000147. The summed E-state index contributed by atoms with van der Waals surface area (Å²) in [5.74, 6) is 3.75. The van der Waals surface area contributed by atoms with E-state index in [9.17, 15) is 0 Å². The van der Waals surface area contributed by atoms with Gasteiger partial charge in [-0.25, -0.2) is 29.9 Å². The van der Waals surface area contributed by atoms with Crippen molar-refractivity contribution in [3.05, 3.63) is 61.4 Å². The van der Waals surface area contributed by atoms with Crippen molar-refractivity contribution in [2.75, 3.05) is 0 Å². The van der Waals surface area contributed by atoms with E-state index in [1.54, 1.807) is 12.4 Å². The highest BCUT2D eigenvalue weighted by Gasteiger charge is 2.31. The number of fused-ring (bicyclic) bond motifs is 2. The zero-order chi connectivity index (χ0) is 31.3. The van der Waals surface area contributed by atoms with Crippen LogP contribution in [0.4, 0.5) is 0 Å². The Morgan fingerprint density at radius 3 is 1.50 bits per heavy atom. The average Bonchev–Trinajstić information content (AvgIpc) is 3.94. The quantitative estimate of drug-likeness (QED) is 0.173. The van der Waals surface area contributed by atoms with Gasteiger partial charge in [0.25, 0.3) is 0 Å². The molecule has 2 N–H and O–H groups in total. The third-order valence-corrected chi connectivity index (χ3v) is 9.42. The molecule has 2 aliphatic carbocycles. The fraction of sp³-hybridized carbons (Fsp3) is 0.412. The van der Waals surface area contributed by atoms with E-state index in [1.165, 1.54) is 38.3 Å². The molecule has 6 aromatic rings. The molecule has 12 heteroatoms. The van der Waals surface area contributed by atoms with Crippen LogP contribution in [-0.2, 0) is 0 Å². The van der Waals surface area contributed by atoms with Crippen molar-refractivity contribution in [1.29, 1.82) is 10.5 Å². The molecule has 232 valence electrons. The highest BCUT2D eigenvalue weighted by molar-refractivity contribution is 5.89. The minimum atomic E-state index is 0.0832. The van der Waals surface area contributed by atoms with Crippen LogP contribution in [-0.4, -0.2) is 39.9 Å². The van der Waals surface area contributed by atoms with E-state index < -0.39 is 0 Å². The van der Waals surface area contributed by atoms with E-state index in [0.717, 1.165) is 59.1 Å². The number of nitriles is 2. The van der Waals surface area contributed by atoms with Crippen LogP contribution in [0.15, 0.2) is 58.4 Å². The van der Waals surface area contributed by atoms with Gasteiger partial charge < -0.3 is 18.8 Å². The van der Waals surface area contributed by atoms with Gasteiger partial charge in [-0.05, 0) is 49.7 Å². The van der Waals surface area contributed by atoms with Crippen molar-refractivity contribution in [3.8, 4) is 35.0 Å². The van der Waals surface area contributed by atoms with E-state index in [4.69, 9.17) is 19.4 Å². The molecule has 6 heterocycles. The van der Waals surface area contributed by atoms with Gasteiger partial charge in [-0.3, -0.25) is 0 Å². The number of hydrogen-bond acceptors (Lipinski definition) is 10. The van der Waals surface area contributed by atoms with E-state index in [-0.39, 0.29) is 11.8 Å². The number of aromatic amines is 2. The minimum absolute atomic E-state index is 0.0832. The molecular formula is C34H34N10O2. The number of nitrogens with one attached hydrogen (secondary N) is 2. The predicted octanol–water partition coefficient (Wildman–Crippen LogP) is 7.60. The van der Waals surface area contributed by atoms with Crippen LogP contribution >= 0.6 is 0 Å². The Hall–Kier alpha value is -5.36. The van der Waals surface area contributed by atoms with Crippen LogP contribution in [0.25, 0.3) is 45.0 Å². The first kappa shape index (κ1) is 29.4. The SMILES string of the molecule is N#CCC(c1ncc(-c2ncnc3[nH]ccc23)o1)C1CCCC1.N#CC[C@@H](c1ncc(-c2ncnc3[nH]ccc23)o1)C1CCCC1. The second-order valence-corrected chi connectivity index (χ2v) is 12.1. The Morgan fingerprint density at radius 1 is 0.652 bits per heavy atom. The second-order valence-electron chi connectivity index (χ2n) is 12.1. The monoisotopic (exact) mass is 614 g/mol. The summed E-state index contributed by atoms with van der Waals surface area (Å²) in [4.78, 5) is 32.1. The van der Waals surface area contributed by atoms with Crippen LogP contribution in [0, 0.1) is 34.5 Å². The third-order valence-electron chi connectivity index (χ3n) is 9.42. The minimum Gasteiger partial charge on any atom is -0.439 e. The highest BCUT2D eigenvalue weighted by atomic mass is 16.4. The highest BCUT2D eigenvalue weighted by Crippen LogP contribution is 2.41. The molecule has 2 saturated carbocycles. The molecule has 0 aromatic carbocycles. The van der Waals surface area contributed by atoms with Gasteiger partial charge in [0.2, 0.25) is 0 Å². The lowest BCUT2D eigenvalue weighted by atomic mass is 9.88. The smallest absolute Gasteiger partial charge is 0.199 e. The average molecular weight is 615 g/mol. The normalized spacial score (nSPS) is 16.7. The molecule has 8 rings (SSSR count). The van der Waals surface area contributed by atoms with Crippen LogP contribution in [0.1, 0.15) is 87.8 Å². The summed E-state index contributed by atoms with van der Waals surface area (Å²) in [5, 5.41) is 20.1. The lowest BCUT2D eigenvalue weighted by molar-refractivity contribution is 0.357. The molecule has 2 fully saturated rings. The fourth-order valence-corrected chi connectivity index (χ4v) is 7.10. The molecule has 0 spiro atoms. The largest absolute Gasteiger partial charge is 0.439 e. The Kier molecular flexibility index (Phi) is 8.51. The summed E-state index contributed by atoms with van der Waals surface area (Å²) in [6.45, 7) is 0. The zero-order valence-corrected chi connectivity index (χ0v) is 25.4. The van der Waals surface area contributed by atoms with Crippen LogP contribution in [0.3, 0.4) is 0 Å². The summed E-state index contributed by atoms with van der Waals surface area (Å²) in [5.41, 5.74) is 3.02. The summed E-state index contributed by atoms with van der Waals surface area (Å²) in [7, 11) is 0. The van der Waals surface area contributed by atoms with Gasteiger partial charge in [-0.2, -0.15) is 10.5 Å². The summed E-state index contributed by atoms with van der Waals surface area (Å²) >= 11 is 0. The summed E-state index contributed by atoms with van der Waals surface area (Å²) < 4.78 is 12.0. The zero-order valence-electron chi connectivity index (χ0n) is 25.4. The Morgan fingerprint density at radius 2 is 1.09 bits per heavy atom. The first-order chi connectivity index (χ1) is 22.7. The van der Waals surface area contributed by atoms with Gasteiger partial charge in [0.05, 0.1) is 36.4 Å². The molecule has 0 saturated heterocycles. The lowest BCUT2D eigenvalue weighted by Crippen LogP contribution is -2.09. The molecule has 2 aliphatic rings. The van der Waals surface area contributed by atoms with E-state index in [0.29, 0.717) is 48.0 Å². The second kappa shape index (κ2) is 13.3. The standard InChI is InChI=1S/2C17H17N5O/c2*18-7-5-12(11-3-1-2-4-11)17-20-9-14(23-17)15-13-6-8-19-16(13)22-10-21-15/h2*6,8-12H,1-5H2,(H,19,21,22)/t12-;/m1./s1. The molecule has 46 heavy (non-hydrogen) atoms. The number of hydrogen-bond donors (Lipinski definition) is 2. The number of nitrogens with zero attached hydrogens (tertiary/aromatic N) is 8. The predicted molar refractivity (Wildman–Crippen MR) is 169 cm³/mol. The van der Waals surface area contributed by atoms with E-state index in [1.807, 2.05) is 24.5 Å². The Bertz CT molecular complexity index is 1850. The maximum Gasteiger partial charge on any atom is 0.199 e. The van der Waals surface area contributed by atoms with Gasteiger partial charge >= 0.3 is 0 Å². The summed E-state index contributed by atoms with van der Waals surface area (Å²) in [6.07, 6.45) is 20.6. The van der Waals surface area contributed by atoms with Crippen molar-refractivity contribution in [1.82, 2.24) is 39.9 Å². The van der Waals surface area contributed by atoms with E-state index in [2.05, 4.69) is 52.0 Å². The van der Waals surface area contributed by atoms with Gasteiger partial charge in [0.1, 0.15) is 35.3 Å². The van der Waals surface area contributed by atoms with E-state index >= 15 is 0 Å². The maximum atomic E-state index is 9.15. The molecule has 0 amide bonds. The van der Waals surface area contributed by atoms with Crippen molar-refractivity contribution in [2.45, 2.75) is 76.0 Å². The van der Waals surface area contributed by atoms with Crippen molar-refractivity contribution in [3.63, 3.8) is 0 Å². The molecular weight excluding hydrogens is 580 g/mol. The van der Waals surface area contributed by atoms with Crippen LogP contribution in [0.2, 0.25) is 0 Å². The van der Waals surface area contributed by atoms with Gasteiger partial charge in [0.15, 0.2) is 23.3 Å². The van der Waals surface area contributed by atoms with Crippen LogP contribution in [0.5, 0.6) is 0 Å². The number of aromatic nitrogens is 8. The van der Waals surface area contributed by atoms with Gasteiger partial charge in [-0.15, -0.1) is 0 Å². The molecule has 1 unspecified atom stereocenters. The first-order valence-corrected chi connectivity index (χ1v) is 16.0. The van der Waals surface area contributed by atoms with Crippen molar-refractivity contribution < 1.29 is 8.83 Å². The summed E-state index contributed by atoms with van der Waals surface area (Å²) in [6, 6.07) is 8.43. The Labute approximate surface area is 265 Å². The molecule has 12 nitrogen and oxygen atoms in total. The van der Waals surface area contributed by atoms with Crippen molar-refractivity contribution >= 4 is 22.1 Å². The fourth-order valence-electron chi connectivity index (χ4n) is 7.10. The first-order valence-electron chi connectivity index (χ1n) is 16.0. The maximum absolute atomic E-state index is 9.15. The number of oxazole rings is 2. The third kappa shape index (κ3) is 5.86. The van der Waals surface area contributed by atoms with Gasteiger partial charge in [-0.1, -0.05) is 25.7 Å². The molecule has 0 aliphatic heterocycles. The lowest BCUT2D eigenvalue weighted by Gasteiger charge is -2.17. The molecule has 0 bridgehead atoms. The van der Waals surface area contributed by atoms with Gasteiger partial charge in [0, 0.05) is 36.0 Å². The number of H-pyrrole nitrogens is 2. The van der Waals surface area contributed by atoms with Crippen LogP contribution < -0.4 is 0 Å². The number of rotatable bonds is 8. The molecule has 2 atom stereocenters. The molecule has 6 aromatic heterocycles. The topological polar surface area (TPSA) is 183 Å². The van der Waals surface area contributed by atoms with Crippen molar-refractivity contribution in [2.24, 2.45) is 11.8 Å². The molecule has 0 radical (unpaired) electrons.